The zero-order chi connectivity index (χ0) is 13.5. The highest BCUT2D eigenvalue weighted by atomic mass is 16.6. The minimum absolute atomic E-state index is 0.265. The van der Waals surface area contributed by atoms with Gasteiger partial charge in [0.25, 0.3) is 0 Å². The van der Waals surface area contributed by atoms with Gasteiger partial charge in [-0.2, -0.15) is 0 Å². The molecule has 98 valence electrons. The smallest absolute Gasteiger partial charge is 0.415 e. The van der Waals surface area contributed by atoms with Crippen molar-refractivity contribution in [2.24, 2.45) is 0 Å². The fraction of sp³-hybridized carbons (Fsp3) is 0.333. The summed E-state index contributed by atoms with van der Waals surface area (Å²) in [5.41, 5.74) is 0. The lowest BCUT2D eigenvalue weighted by atomic mass is 10.3. The number of carbonyl (C=O) groups is 2. The summed E-state index contributed by atoms with van der Waals surface area (Å²) in [5, 5.41) is 8.63. The molecule has 0 bridgehead atoms. The van der Waals surface area contributed by atoms with E-state index in [1.54, 1.807) is 31.2 Å². The number of nitrogens with zero attached hydrogens (tertiary/aromatic N) is 1. The van der Waals surface area contributed by atoms with Crippen molar-refractivity contribution in [2.75, 3.05) is 20.2 Å². The van der Waals surface area contributed by atoms with E-state index in [1.807, 2.05) is 0 Å². The first-order chi connectivity index (χ1) is 8.56. The minimum Gasteiger partial charge on any atom is -0.497 e. The van der Waals surface area contributed by atoms with Crippen LogP contribution in [0.5, 0.6) is 11.5 Å². The molecule has 1 amide bonds. The number of carbonyl (C=O) groups excluding carboxylic acids is 1. The van der Waals surface area contributed by atoms with Crippen LogP contribution in [0.15, 0.2) is 24.3 Å². The average Bonchev–Trinajstić information content (AvgIpc) is 2.36. The van der Waals surface area contributed by atoms with Crippen LogP contribution >= 0.6 is 0 Å². The molecule has 0 aliphatic heterocycles. The average molecular weight is 253 g/mol. The molecule has 6 heteroatoms. The van der Waals surface area contributed by atoms with E-state index in [2.05, 4.69) is 0 Å². The molecule has 1 N–H and O–H groups in total. The molecule has 0 atom stereocenters. The molecule has 0 unspecified atom stereocenters. The molecule has 6 nitrogen and oxygen atoms in total. The van der Waals surface area contributed by atoms with Crippen molar-refractivity contribution in [3.8, 4) is 11.5 Å². The number of methoxy groups -OCH3 is 1. The summed E-state index contributed by atoms with van der Waals surface area (Å²) < 4.78 is 10.0. The molecular weight excluding hydrogens is 238 g/mol. The van der Waals surface area contributed by atoms with Gasteiger partial charge in [-0.3, -0.25) is 9.69 Å². The van der Waals surface area contributed by atoms with Crippen LogP contribution < -0.4 is 9.47 Å². The number of likely N-dealkylation sites (N-methyl/N-ethyl adjacent to an activating group) is 1. The van der Waals surface area contributed by atoms with Gasteiger partial charge in [0, 0.05) is 6.54 Å². The van der Waals surface area contributed by atoms with Crippen LogP contribution in [0.1, 0.15) is 6.92 Å². The first kappa shape index (κ1) is 13.8. The van der Waals surface area contributed by atoms with Gasteiger partial charge in [0.15, 0.2) is 0 Å². The first-order valence-electron chi connectivity index (χ1n) is 5.39. The molecule has 18 heavy (non-hydrogen) atoms. The lowest BCUT2D eigenvalue weighted by molar-refractivity contribution is -0.137. The molecule has 1 aromatic rings. The Hall–Kier alpha value is -2.24. The van der Waals surface area contributed by atoms with Crippen LogP contribution in [0.4, 0.5) is 4.79 Å². The van der Waals surface area contributed by atoms with Crippen molar-refractivity contribution in [1.82, 2.24) is 4.90 Å². The molecule has 0 fully saturated rings. The zero-order valence-electron chi connectivity index (χ0n) is 10.3. The van der Waals surface area contributed by atoms with Crippen molar-refractivity contribution >= 4 is 12.1 Å². The van der Waals surface area contributed by atoms with Gasteiger partial charge in [-0.15, -0.1) is 0 Å². The van der Waals surface area contributed by atoms with Crippen LogP contribution in [0.3, 0.4) is 0 Å². The monoisotopic (exact) mass is 253 g/mol. The number of hydrogen-bond acceptors (Lipinski definition) is 4. The van der Waals surface area contributed by atoms with Gasteiger partial charge in [0.05, 0.1) is 7.11 Å². The SMILES string of the molecule is CCN(CC(=O)O)C(=O)Oc1ccc(OC)cc1. The van der Waals surface area contributed by atoms with Crippen molar-refractivity contribution in [3.63, 3.8) is 0 Å². The van der Waals surface area contributed by atoms with Crippen molar-refractivity contribution in [3.05, 3.63) is 24.3 Å². The van der Waals surface area contributed by atoms with Crippen LogP contribution in [0.2, 0.25) is 0 Å². The van der Waals surface area contributed by atoms with E-state index >= 15 is 0 Å². The molecule has 0 aliphatic rings. The summed E-state index contributed by atoms with van der Waals surface area (Å²) in [5.74, 6) is -0.0964. The Morgan fingerprint density at radius 2 is 1.78 bits per heavy atom. The van der Waals surface area contributed by atoms with Gasteiger partial charge < -0.3 is 14.6 Å². The fourth-order valence-corrected chi connectivity index (χ4v) is 1.28. The fourth-order valence-electron chi connectivity index (χ4n) is 1.28. The van der Waals surface area contributed by atoms with Gasteiger partial charge in [-0.25, -0.2) is 4.79 Å². The van der Waals surface area contributed by atoms with E-state index in [9.17, 15) is 9.59 Å². The molecule has 0 heterocycles. The van der Waals surface area contributed by atoms with E-state index in [1.165, 1.54) is 7.11 Å². The Labute approximate surface area is 105 Å². The highest BCUT2D eigenvalue weighted by Crippen LogP contribution is 2.17. The van der Waals surface area contributed by atoms with E-state index in [0.29, 0.717) is 11.5 Å². The molecule has 0 radical (unpaired) electrons. The Morgan fingerprint density at radius 1 is 1.22 bits per heavy atom. The topological polar surface area (TPSA) is 76.1 Å². The third kappa shape index (κ3) is 3.97. The summed E-state index contributed by atoms with van der Waals surface area (Å²) in [6.45, 7) is 1.56. The second-order valence-corrected chi connectivity index (χ2v) is 3.45. The van der Waals surface area contributed by atoms with Crippen LogP contribution in [-0.4, -0.2) is 42.3 Å². The van der Waals surface area contributed by atoms with Crippen molar-refractivity contribution < 1.29 is 24.2 Å². The summed E-state index contributed by atoms with van der Waals surface area (Å²) in [4.78, 5) is 23.3. The predicted octanol–water partition coefficient (Wildman–Crippen LogP) is 1.60. The summed E-state index contributed by atoms with van der Waals surface area (Å²) >= 11 is 0. The summed E-state index contributed by atoms with van der Waals surface area (Å²) in [6, 6.07) is 6.45. The van der Waals surface area contributed by atoms with Gasteiger partial charge in [-0.1, -0.05) is 0 Å². The largest absolute Gasteiger partial charge is 0.497 e. The van der Waals surface area contributed by atoms with Crippen molar-refractivity contribution in [2.45, 2.75) is 6.92 Å². The molecule has 0 aromatic heterocycles. The molecule has 1 aromatic carbocycles. The van der Waals surface area contributed by atoms with E-state index in [4.69, 9.17) is 14.6 Å². The number of hydrogen-bond donors (Lipinski definition) is 1. The number of benzene rings is 1. The number of carboxylic acids is 1. The second kappa shape index (κ2) is 6.48. The van der Waals surface area contributed by atoms with Crippen LogP contribution in [0.25, 0.3) is 0 Å². The zero-order valence-corrected chi connectivity index (χ0v) is 10.3. The minimum atomic E-state index is -1.08. The van der Waals surface area contributed by atoms with Gasteiger partial charge >= 0.3 is 12.1 Å². The number of aliphatic carboxylic acids is 1. The van der Waals surface area contributed by atoms with E-state index in [-0.39, 0.29) is 13.1 Å². The number of amides is 1. The Kier molecular flexibility index (Phi) is 4.98. The Morgan fingerprint density at radius 3 is 2.22 bits per heavy atom. The van der Waals surface area contributed by atoms with Gasteiger partial charge in [0.1, 0.15) is 18.0 Å². The summed E-state index contributed by atoms with van der Waals surface area (Å²) in [6.07, 6.45) is -0.690. The molecule has 0 aliphatic carbocycles. The first-order valence-corrected chi connectivity index (χ1v) is 5.39. The Bertz CT molecular complexity index is 415. The molecule has 0 saturated heterocycles. The lowest BCUT2D eigenvalue weighted by Crippen LogP contribution is -2.37. The highest BCUT2D eigenvalue weighted by molar-refractivity contribution is 5.77. The highest BCUT2D eigenvalue weighted by Gasteiger charge is 2.16. The lowest BCUT2D eigenvalue weighted by Gasteiger charge is -2.17. The number of carboxylic acid groups (broad SMARTS) is 1. The Balaban J connectivity index is 2.64. The molecule has 0 spiro atoms. The van der Waals surface area contributed by atoms with E-state index < -0.39 is 12.1 Å². The second-order valence-electron chi connectivity index (χ2n) is 3.45. The maximum atomic E-state index is 11.6. The van der Waals surface area contributed by atoms with Gasteiger partial charge in [0.2, 0.25) is 0 Å². The molecular formula is C12H15NO5. The van der Waals surface area contributed by atoms with Crippen molar-refractivity contribution in [1.29, 1.82) is 0 Å². The normalized spacial score (nSPS) is 9.67. The molecule has 1 rings (SSSR count). The number of ether oxygens (including phenoxy) is 2. The van der Waals surface area contributed by atoms with Crippen LogP contribution in [-0.2, 0) is 4.79 Å². The third-order valence-electron chi connectivity index (χ3n) is 2.23. The standard InChI is InChI=1S/C12H15NO5/c1-3-13(8-11(14)15)12(16)18-10-6-4-9(17-2)5-7-10/h4-7H,3,8H2,1-2H3,(H,14,15). The third-order valence-corrected chi connectivity index (χ3v) is 2.23. The molecule has 0 saturated carbocycles. The predicted molar refractivity (Wildman–Crippen MR) is 63.9 cm³/mol. The maximum Gasteiger partial charge on any atom is 0.415 e. The van der Waals surface area contributed by atoms with E-state index in [0.717, 1.165) is 4.90 Å². The number of rotatable bonds is 5. The van der Waals surface area contributed by atoms with Crippen LogP contribution in [0, 0.1) is 0 Å². The maximum absolute atomic E-state index is 11.6. The van der Waals surface area contributed by atoms with Gasteiger partial charge in [-0.05, 0) is 31.2 Å². The summed E-state index contributed by atoms with van der Waals surface area (Å²) in [7, 11) is 1.53. The quantitative estimate of drug-likeness (QED) is 0.862.